The summed E-state index contributed by atoms with van der Waals surface area (Å²) >= 11 is 0. The van der Waals surface area contributed by atoms with E-state index in [1.54, 1.807) is 24.5 Å². The molecule has 188 valence electrons. The summed E-state index contributed by atoms with van der Waals surface area (Å²) in [6, 6.07) is 5.29. The average molecular weight is 484 g/mol. The van der Waals surface area contributed by atoms with Crippen LogP contribution in [-0.2, 0) is 16.0 Å². The monoisotopic (exact) mass is 483 g/mol. The maximum Gasteiger partial charge on any atom is 0.343 e. The fourth-order valence-electron chi connectivity index (χ4n) is 7.24. The molecule has 2 aliphatic carbocycles. The minimum Gasteiger partial charge on any atom is -0.483 e. The second-order valence-electron chi connectivity index (χ2n) is 11.1. The third-order valence-corrected chi connectivity index (χ3v) is 9.23. The molecular weight excluding hydrogens is 450 g/mol. The van der Waals surface area contributed by atoms with Crippen LogP contribution in [0.25, 0.3) is 11.3 Å². The average Bonchev–Trinajstić information content (AvgIpc) is 2.82. The number of hydrogen-bond donors (Lipinski definition) is 2. The van der Waals surface area contributed by atoms with Crippen molar-refractivity contribution in [1.82, 2.24) is 4.98 Å². The van der Waals surface area contributed by atoms with Gasteiger partial charge in [0.05, 0.1) is 18.3 Å². The van der Waals surface area contributed by atoms with Crippen LogP contribution < -0.4 is 10.4 Å². The highest BCUT2D eigenvalue weighted by Gasteiger charge is 2.67. The number of aliphatic hydroxyl groups excluding tert-OH is 2. The summed E-state index contributed by atoms with van der Waals surface area (Å²) in [5, 5.41) is 21.3. The molecule has 5 rings (SSSR count). The smallest absolute Gasteiger partial charge is 0.343 e. The Bertz CT molecular complexity index is 1200. The van der Waals surface area contributed by atoms with Crippen molar-refractivity contribution < 1.29 is 28.9 Å². The Balaban J connectivity index is 1.64. The van der Waals surface area contributed by atoms with Crippen LogP contribution in [0.2, 0.25) is 0 Å². The van der Waals surface area contributed by atoms with Gasteiger partial charge in [-0.3, -0.25) is 9.78 Å². The van der Waals surface area contributed by atoms with Gasteiger partial charge in [-0.2, -0.15) is 0 Å². The van der Waals surface area contributed by atoms with Gasteiger partial charge >= 0.3 is 11.6 Å². The van der Waals surface area contributed by atoms with E-state index in [1.807, 2.05) is 19.9 Å². The molecule has 3 heterocycles. The Kier molecular flexibility index (Phi) is 5.60. The zero-order valence-corrected chi connectivity index (χ0v) is 20.6. The molecule has 0 aromatic carbocycles. The number of carbonyl (C=O) groups is 1. The Morgan fingerprint density at radius 3 is 2.71 bits per heavy atom. The van der Waals surface area contributed by atoms with E-state index in [0.717, 1.165) is 0 Å². The molecule has 8 heteroatoms. The van der Waals surface area contributed by atoms with Crippen molar-refractivity contribution in [3.05, 3.63) is 46.6 Å². The SMILES string of the molecule is CC(=O)OC1CC2C(C)(CO)C(O)CCC2(C)C2Cc3c(cc(-c4cccnc4)oc3=O)OC12C. The lowest BCUT2D eigenvalue weighted by atomic mass is 9.43. The van der Waals surface area contributed by atoms with Gasteiger partial charge in [0.15, 0.2) is 0 Å². The molecule has 2 aromatic rings. The molecule has 0 amide bonds. The van der Waals surface area contributed by atoms with E-state index < -0.39 is 34.8 Å². The van der Waals surface area contributed by atoms with Crippen molar-refractivity contribution >= 4 is 5.97 Å². The number of fused-ring (bicyclic) bond motifs is 4. The van der Waals surface area contributed by atoms with Gasteiger partial charge in [-0.05, 0) is 56.1 Å². The van der Waals surface area contributed by atoms with Gasteiger partial charge in [-0.1, -0.05) is 13.8 Å². The van der Waals surface area contributed by atoms with E-state index >= 15 is 0 Å². The number of aliphatic hydroxyl groups is 2. The predicted molar refractivity (Wildman–Crippen MR) is 127 cm³/mol. The lowest BCUT2D eigenvalue weighted by molar-refractivity contribution is -0.246. The van der Waals surface area contributed by atoms with Crippen LogP contribution in [-0.4, -0.2) is 45.6 Å². The van der Waals surface area contributed by atoms with Gasteiger partial charge in [-0.25, -0.2) is 4.79 Å². The van der Waals surface area contributed by atoms with E-state index in [0.29, 0.717) is 48.3 Å². The minimum absolute atomic E-state index is 0.141. The highest BCUT2D eigenvalue weighted by Crippen LogP contribution is 2.64. The number of hydrogen-bond acceptors (Lipinski definition) is 8. The Hall–Kier alpha value is -2.71. The molecule has 3 aliphatic rings. The second kappa shape index (κ2) is 8.17. The quantitative estimate of drug-likeness (QED) is 0.639. The van der Waals surface area contributed by atoms with Crippen LogP contribution in [0, 0.1) is 22.7 Å². The van der Waals surface area contributed by atoms with Gasteiger partial charge < -0.3 is 24.1 Å². The zero-order chi connectivity index (χ0) is 25.2. The van der Waals surface area contributed by atoms with Crippen molar-refractivity contribution in [2.75, 3.05) is 6.61 Å². The molecule has 7 atom stereocenters. The van der Waals surface area contributed by atoms with Gasteiger partial charge in [0.1, 0.15) is 23.2 Å². The molecule has 2 N–H and O–H groups in total. The number of carbonyl (C=O) groups excluding carboxylic acids is 1. The first-order valence-electron chi connectivity index (χ1n) is 12.3. The fourth-order valence-corrected chi connectivity index (χ4v) is 7.24. The highest BCUT2D eigenvalue weighted by molar-refractivity contribution is 5.66. The first-order chi connectivity index (χ1) is 16.5. The lowest BCUT2D eigenvalue weighted by Gasteiger charge is -2.65. The summed E-state index contributed by atoms with van der Waals surface area (Å²) in [4.78, 5) is 29.4. The third kappa shape index (κ3) is 3.52. The topological polar surface area (TPSA) is 119 Å². The molecule has 0 spiro atoms. The van der Waals surface area contributed by atoms with E-state index in [2.05, 4.69) is 11.9 Å². The van der Waals surface area contributed by atoms with Crippen LogP contribution in [0.3, 0.4) is 0 Å². The van der Waals surface area contributed by atoms with Crippen molar-refractivity contribution in [2.24, 2.45) is 22.7 Å². The number of aromatic nitrogens is 1. The Morgan fingerprint density at radius 1 is 1.29 bits per heavy atom. The largest absolute Gasteiger partial charge is 0.483 e. The lowest BCUT2D eigenvalue weighted by Crippen LogP contribution is -2.70. The number of rotatable bonds is 3. The number of esters is 1. The number of nitrogens with zero attached hydrogens (tertiary/aromatic N) is 1. The van der Waals surface area contributed by atoms with Crippen LogP contribution >= 0.6 is 0 Å². The summed E-state index contributed by atoms with van der Waals surface area (Å²) < 4.78 is 18.2. The first-order valence-corrected chi connectivity index (χ1v) is 12.3. The maximum absolute atomic E-state index is 13.2. The first kappa shape index (κ1) is 24.0. The second-order valence-corrected chi connectivity index (χ2v) is 11.1. The molecule has 1 aliphatic heterocycles. The normalized spacial score (nSPS) is 37.9. The van der Waals surface area contributed by atoms with Crippen molar-refractivity contribution in [3.8, 4) is 17.1 Å². The molecule has 8 nitrogen and oxygen atoms in total. The van der Waals surface area contributed by atoms with Gasteiger partial charge in [0.2, 0.25) is 0 Å². The molecule has 2 fully saturated rings. The van der Waals surface area contributed by atoms with Gasteiger partial charge in [0, 0.05) is 42.3 Å². The molecule has 2 saturated carbocycles. The third-order valence-electron chi connectivity index (χ3n) is 9.23. The summed E-state index contributed by atoms with van der Waals surface area (Å²) in [5.74, 6) is 0.0353. The number of pyridine rings is 1. The van der Waals surface area contributed by atoms with Crippen LogP contribution in [0.5, 0.6) is 5.75 Å². The molecule has 2 aromatic heterocycles. The van der Waals surface area contributed by atoms with E-state index in [4.69, 9.17) is 13.9 Å². The standard InChI is InChI=1S/C27H33NO7/c1-15(30)33-23-12-20-25(2,8-7-22(31)26(20,3)14-29)21-10-17-19(35-27(21,23)4)11-18(34-24(17)32)16-6-5-9-28-13-16/h5-6,9,11,13,20-23,29,31H,7-8,10,12,14H2,1-4H3. The van der Waals surface area contributed by atoms with Gasteiger partial charge in [-0.15, -0.1) is 0 Å². The molecule has 0 radical (unpaired) electrons. The van der Waals surface area contributed by atoms with Crippen LogP contribution in [0.4, 0.5) is 0 Å². The highest BCUT2D eigenvalue weighted by atomic mass is 16.6. The number of ether oxygens (including phenoxy) is 2. The van der Waals surface area contributed by atoms with Crippen molar-refractivity contribution in [2.45, 2.75) is 71.2 Å². The Morgan fingerprint density at radius 2 is 2.06 bits per heavy atom. The fraction of sp³-hybridized carbons (Fsp3) is 0.593. The Labute approximate surface area is 204 Å². The maximum atomic E-state index is 13.2. The molecule has 0 bridgehead atoms. The van der Waals surface area contributed by atoms with E-state index in [-0.39, 0.29) is 23.9 Å². The molecule has 35 heavy (non-hydrogen) atoms. The van der Waals surface area contributed by atoms with E-state index in [9.17, 15) is 19.8 Å². The van der Waals surface area contributed by atoms with E-state index in [1.165, 1.54) is 6.92 Å². The summed E-state index contributed by atoms with van der Waals surface area (Å²) in [6.07, 6.45) is 4.07. The summed E-state index contributed by atoms with van der Waals surface area (Å²) in [5.41, 5.74) is -1.37. The van der Waals surface area contributed by atoms with Crippen LogP contribution in [0.15, 0.2) is 39.8 Å². The van der Waals surface area contributed by atoms with Crippen LogP contribution in [0.1, 0.15) is 52.5 Å². The minimum atomic E-state index is -0.900. The van der Waals surface area contributed by atoms with Crippen molar-refractivity contribution in [1.29, 1.82) is 0 Å². The predicted octanol–water partition coefficient (Wildman–Crippen LogP) is 3.12. The summed E-state index contributed by atoms with van der Waals surface area (Å²) in [6.45, 7) is 7.21. The molecular formula is C27H33NO7. The van der Waals surface area contributed by atoms with Gasteiger partial charge in [0.25, 0.3) is 0 Å². The zero-order valence-electron chi connectivity index (χ0n) is 20.6. The molecule has 7 unspecified atom stereocenters. The molecule has 0 saturated heterocycles. The summed E-state index contributed by atoms with van der Waals surface area (Å²) in [7, 11) is 0. The van der Waals surface area contributed by atoms with Crippen molar-refractivity contribution in [3.63, 3.8) is 0 Å².